The fraction of sp³-hybridized carbons (Fsp3) is 0.0526. The van der Waals surface area contributed by atoms with E-state index in [2.05, 4.69) is 0 Å². The maximum atomic E-state index is 12.3. The summed E-state index contributed by atoms with van der Waals surface area (Å²) in [4.78, 5) is 24.4. The third-order valence-corrected chi connectivity index (χ3v) is 4.15. The molecule has 0 fully saturated rings. The van der Waals surface area contributed by atoms with Gasteiger partial charge >= 0.3 is 5.63 Å². The van der Waals surface area contributed by atoms with E-state index < -0.39 is 11.4 Å². The minimum Gasteiger partial charge on any atom is -0.497 e. The molecule has 2 aromatic carbocycles. The number of hydrogen-bond donors (Lipinski definition) is 0. The second kappa shape index (κ2) is 7.13. The highest BCUT2D eigenvalue weighted by Crippen LogP contribution is 2.23. The van der Waals surface area contributed by atoms with Crippen molar-refractivity contribution in [1.82, 2.24) is 0 Å². The summed E-state index contributed by atoms with van der Waals surface area (Å²) in [6.07, 6.45) is 2.80. The SMILES string of the molecule is COc1ccc2cc(C(=O)C=Cc3ccc(Cl)cc3Cl)c(=O)oc2c1. The Hall–Kier alpha value is -2.56. The molecule has 4 nitrogen and oxygen atoms in total. The quantitative estimate of drug-likeness (QED) is 0.366. The van der Waals surface area contributed by atoms with E-state index in [4.69, 9.17) is 32.4 Å². The molecular formula is C19H12Cl2O4. The molecule has 25 heavy (non-hydrogen) atoms. The van der Waals surface area contributed by atoms with Crippen LogP contribution in [0.2, 0.25) is 10.0 Å². The fourth-order valence-corrected chi connectivity index (χ4v) is 2.75. The number of rotatable bonds is 4. The van der Waals surface area contributed by atoms with Gasteiger partial charge in [-0.05, 0) is 48.0 Å². The summed E-state index contributed by atoms with van der Waals surface area (Å²) in [6.45, 7) is 0. The normalized spacial score (nSPS) is 11.2. The molecule has 0 aliphatic heterocycles. The lowest BCUT2D eigenvalue weighted by Gasteiger charge is -2.03. The van der Waals surface area contributed by atoms with E-state index in [1.54, 1.807) is 36.4 Å². The van der Waals surface area contributed by atoms with E-state index in [1.807, 2.05) is 0 Å². The molecular weight excluding hydrogens is 363 g/mol. The van der Waals surface area contributed by atoms with Crippen LogP contribution in [-0.2, 0) is 0 Å². The van der Waals surface area contributed by atoms with Gasteiger partial charge in [-0.15, -0.1) is 0 Å². The summed E-state index contributed by atoms with van der Waals surface area (Å²) in [5.74, 6) is 0.0875. The van der Waals surface area contributed by atoms with Crippen molar-refractivity contribution in [3.05, 3.63) is 80.1 Å². The lowest BCUT2D eigenvalue weighted by molar-refractivity contribution is 0.104. The molecule has 0 saturated heterocycles. The van der Waals surface area contributed by atoms with Gasteiger partial charge in [0.15, 0.2) is 5.78 Å². The van der Waals surface area contributed by atoms with Gasteiger partial charge in [0.1, 0.15) is 16.9 Å². The molecule has 0 atom stereocenters. The van der Waals surface area contributed by atoms with Crippen LogP contribution in [0.3, 0.4) is 0 Å². The second-order valence-corrected chi connectivity index (χ2v) is 6.06. The van der Waals surface area contributed by atoms with Crippen molar-refractivity contribution in [1.29, 1.82) is 0 Å². The van der Waals surface area contributed by atoms with Gasteiger partial charge in [0.2, 0.25) is 0 Å². The number of ether oxygens (including phenoxy) is 1. The van der Waals surface area contributed by atoms with Crippen molar-refractivity contribution in [2.75, 3.05) is 7.11 Å². The maximum Gasteiger partial charge on any atom is 0.347 e. The summed E-state index contributed by atoms with van der Waals surface area (Å²) >= 11 is 11.9. The van der Waals surface area contributed by atoms with E-state index in [0.717, 1.165) is 0 Å². The summed E-state index contributed by atoms with van der Waals surface area (Å²) < 4.78 is 10.3. The summed E-state index contributed by atoms with van der Waals surface area (Å²) in [5.41, 5.74) is 0.205. The molecule has 0 saturated carbocycles. The highest BCUT2D eigenvalue weighted by molar-refractivity contribution is 6.35. The Morgan fingerprint density at radius 1 is 1.12 bits per heavy atom. The number of benzene rings is 2. The molecule has 6 heteroatoms. The van der Waals surface area contributed by atoms with Crippen molar-refractivity contribution in [3.8, 4) is 5.75 Å². The molecule has 126 valence electrons. The van der Waals surface area contributed by atoms with Crippen LogP contribution in [0.25, 0.3) is 17.0 Å². The third kappa shape index (κ3) is 3.76. The zero-order valence-electron chi connectivity index (χ0n) is 13.1. The molecule has 0 aliphatic rings. The van der Waals surface area contributed by atoms with Gasteiger partial charge in [0.25, 0.3) is 0 Å². The van der Waals surface area contributed by atoms with Gasteiger partial charge in [-0.2, -0.15) is 0 Å². The number of carbonyl (C=O) groups is 1. The van der Waals surface area contributed by atoms with Gasteiger partial charge in [0, 0.05) is 21.5 Å². The number of allylic oxidation sites excluding steroid dienone is 1. The van der Waals surface area contributed by atoms with Crippen LogP contribution in [0.4, 0.5) is 0 Å². The monoisotopic (exact) mass is 374 g/mol. The first-order chi connectivity index (χ1) is 12.0. The van der Waals surface area contributed by atoms with E-state index in [0.29, 0.717) is 32.3 Å². The molecule has 1 heterocycles. The molecule has 0 unspecified atom stereocenters. The molecule has 0 bridgehead atoms. The Balaban J connectivity index is 1.95. The molecule has 0 N–H and O–H groups in total. The first kappa shape index (κ1) is 17.3. The van der Waals surface area contributed by atoms with E-state index in [1.165, 1.54) is 25.3 Å². The number of methoxy groups -OCH3 is 1. The maximum absolute atomic E-state index is 12.3. The molecule has 3 aromatic rings. The van der Waals surface area contributed by atoms with Crippen molar-refractivity contribution < 1.29 is 13.9 Å². The van der Waals surface area contributed by atoms with Crippen LogP contribution in [0, 0.1) is 0 Å². The van der Waals surface area contributed by atoms with Crippen molar-refractivity contribution in [3.63, 3.8) is 0 Å². The number of hydrogen-bond acceptors (Lipinski definition) is 4. The summed E-state index contributed by atoms with van der Waals surface area (Å²) in [5, 5.41) is 1.54. The molecule has 0 radical (unpaired) electrons. The predicted octanol–water partition coefficient (Wildman–Crippen LogP) is 5.00. The van der Waals surface area contributed by atoms with Gasteiger partial charge in [0.05, 0.1) is 7.11 Å². The topological polar surface area (TPSA) is 56.5 Å². The van der Waals surface area contributed by atoms with Gasteiger partial charge in [-0.25, -0.2) is 4.79 Å². The Labute approximate surface area is 153 Å². The summed E-state index contributed by atoms with van der Waals surface area (Å²) in [7, 11) is 1.52. The van der Waals surface area contributed by atoms with Gasteiger partial charge < -0.3 is 9.15 Å². The average Bonchev–Trinajstić information content (AvgIpc) is 2.59. The Morgan fingerprint density at radius 3 is 2.64 bits per heavy atom. The first-order valence-corrected chi connectivity index (χ1v) is 8.03. The van der Waals surface area contributed by atoms with Crippen LogP contribution < -0.4 is 10.4 Å². The highest BCUT2D eigenvalue weighted by Gasteiger charge is 2.12. The number of carbonyl (C=O) groups excluding carboxylic acids is 1. The zero-order chi connectivity index (χ0) is 18.0. The van der Waals surface area contributed by atoms with Crippen LogP contribution in [0.5, 0.6) is 5.75 Å². The van der Waals surface area contributed by atoms with E-state index in [9.17, 15) is 9.59 Å². The minimum absolute atomic E-state index is 0.0565. The second-order valence-electron chi connectivity index (χ2n) is 5.21. The summed E-state index contributed by atoms with van der Waals surface area (Å²) in [6, 6.07) is 11.4. The first-order valence-electron chi connectivity index (χ1n) is 7.27. The van der Waals surface area contributed by atoms with Crippen molar-refractivity contribution >= 4 is 46.0 Å². The molecule has 0 aliphatic carbocycles. The lowest BCUT2D eigenvalue weighted by atomic mass is 10.1. The fourth-order valence-electron chi connectivity index (χ4n) is 2.28. The van der Waals surface area contributed by atoms with Crippen molar-refractivity contribution in [2.24, 2.45) is 0 Å². The standard InChI is InChI=1S/C19H12Cl2O4/c1-24-14-6-3-12-8-15(19(23)25-18(12)10-14)17(22)7-4-11-2-5-13(20)9-16(11)21/h2-10H,1H3. The molecule has 3 rings (SSSR count). The zero-order valence-corrected chi connectivity index (χ0v) is 14.6. The van der Waals surface area contributed by atoms with E-state index in [-0.39, 0.29) is 5.56 Å². The minimum atomic E-state index is -0.711. The Kier molecular flexibility index (Phi) is 4.93. The molecule has 1 aromatic heterocycles. The molecule has 0 spiro atoms. The smallest absolute Gasteiger partial charge is 0.347 e. The van der Waals surface area contributed by atoms with E-state index >= 15 is 0 Å². The van der Waals surface area contributed by atoms with Gasteiger partial charge in [-0.1, -0.05) is 29.3 Å². The van der Waals surface area contributed by atoms with Crippen LogP contribution >= 0.6 is 23.2 Å². The van der Waals surface area contributed by atoms with Crippen LogP contribution in [0.15, 0.2) is 57.8 Å². The molecule has 0 amide bonds. The average molecular weight is 375 g/mol. The third-order valence-electron chi connectivity index (χ3n) is 3.59. The highest BCUT2D eigenvalue weighted by atomic mass is 35.5. The van der Waals surface area contributed by atoms with Gasteiger partial charge in [-0.3, -0.25) is 4.79 Å². The number of ketones is 1. The number of fused-ring (bicyclic) bond motifs is 1. The van der Waals surface area contributed by atoms with Crippen molar-refractivity contribution in [2.45, 2.75) is 0 Å². The lowest BCUT2D eigenvalue weighted by Crippen LogP contribution is -2.11. The predicted molar refractivity (Wildman–Crippen MR) is 98.9 cm³/mol. The number of halogens is 2. The van der Waals surface area contributed by atoms with Crippen LogP contribution in [-0.4, -0.2) is 12.9 Å². The van der Waals surface area contributed by atoms with Crippen LogP contribution in [0.1, 0.15) is 15.9 Å². The Morgan fingerprint density at radius 2 is 1.92 bits per heavy atom. The Bertz CT molecular complexity index is 1050. The largest absolute Gasteiger partial charge is 0.497 e.